The molecule has 0 aliphatic carbocycles. The second-order valence-corrected chi connectivity index (χ2v) is 5.26. The van der Waals surface area contributed by atoms with Crippen molar-refractivity contribution in [3.8, 4) is 0 Å². The van der Waals surface area contributed by atoms with Gasteiger partial charge in [-0.05, 0) is 19.1 Å². The molecule has 1 atom stereocenters. The Morgan fingerprint density at radius 1 is 0.957 bits per heavy atom. The third-order valence-electron chi connectivity index (χ3n) is 3.92. The second-order valence-electron chi connectivity index (χ2n) is 5.26. The lowest BCUT2D eigenvalue weighted by Gasteiger charge is -2.35. The van der Waals surface area contributed by atoms with Crippen LogP contribution in [0, 0.1) is 0 Å². The highest BCUT2D eigenvalue weighted by molar-refractivity contribution is 6.16. The van der Waals surface area contributed by atoms with Crippen molar-refractivity contribution in [1.29, 1.82) is 0 Å². The van der Waals surface area contributed by atoms with E-state index in [4.69, 9.17) is 4.74 Å². The molecule has 3 rings (SSSR count). The molecule has 2 aromatic rings. The number of hydrogen-bond acceptors (Lipinski definition) is 3. The van der Waals surface area contributed by atoms with Crippen LogP contribution < -0.4 is 4.90 Å². The van der Waals surface area contributed by atoms with Gasteiger partial charge in [0.15, 0.2) is 0 Å². The maximum atomic E-state index is 13.0. The smallest absolute Gasteiger partial charge is 0.334 e. The first-order valence-electron chi connectivity index (χ1n) is 7.49. The fourth-order valence-electron chi connectivity index (χ4n) is 2.90. The molecule has 0 N–H and O–H groups in total. The van der Waals surface area contributed by atoms with Crippen LogP contribution in [-0.4, -0.2) is 30.5 Å². The molecule has 23 heavy (non-hydrogen) atoms. The Hall–Kier alpha value is -2.66. The lowest BCUT2D eigenvalue weighted by Crippen LogP contribution is -2.49. The molecule has 1 saturated heterocycles. The number of nitrogens with zero attached hydrogens (tertiary/aromatic N) is 2. The van der Waals surface area contributed by atoms with Crippen LogP contribution in [0.1, 0.15) is 12.5 Å². The Kier molecular flexibility index (Phi) is 3.88. The van der Waals surface area contributed by atoms with Gasteiger partial charge in [-0.3, -0.25) is 14.6 Å². The lowest BCUT2D eigenvalue weighted by molar-refractivity contribution is -0.148. The predicted octanol–water partition coefficient (Wildman–Crippen LogP) is 2.97. The third kappa shape index (κ3) is 2.21. The summed E-state index contributed by atoms with van der Waals surface area (Å²) < 4.78 is 5.91. The largest absolute Gasteiger partial charge is 0.343 e. The van der Waals surface area contributed by atoms with Crippen molar-refractivity contribution in [2.24, 2.45) is 0 Å². The molecule has 3 amide bonds. The number of rotatable bonds is 4. The number of imide groups is 1. The molecule has 1 aliphatic rings. The minimum Gasteiger partial charge on any atom is -0.343 e. The maximum Gasteiger partial charge on any atom is 0.334 e. The summed E-state index contributed by atoms with van der Waals surface area (Å²) in [6, 6.07) is 17.8. The molecule has 5 nitrogen and oxygen atoms in total. The van der Waals surface area contributed by atoms with E-state index in [0.717, 1.165) is 4.90 Å². The first kappa shape index (κ1) is 15.2. The summed E-state index contributed by atoms with van der Waals surface area (Å²) >= 11 is 0. The van der Waals surface area contributed by atoms with E-state index in [0.29, 0.717) is 17.9 Å². The van der Waals surface area contributed by atoms with E-state index in [-0.39, 0.29) is 5.91 Å². The van der Waals surface area contributed by atoms with Crippen molar-refractivity contribution in [2.75, 3.05) is 18.6 Å². The number of anilines is 1. The molecule has 0 radical (unpaired) electrons. The number of carbonyl (C=O) groups is 2. The van der Waals surface area contributed by atoms with E-state index in [1.165, 1.54) is 11.9 Å². The van der Waals surface area contributed by atoms with Crippen LogP contribution in [0.25, 0.3) is 0 Å². The molecule has 0 saturated carbocycles. The summed E-state index contributed by atoms with van der Waals surface area (Å²) in [5.41, 5.74) is -0.218. The topological polar surface area (TPSA) is 49.9 Å². The van der Waals surface area contributed by atoms with Crippen molar-refractivity contribution < 1.29 is 14.3 Å². The van der Waals surface area contributed by atoms with E-state index < -0.39 is 11.8 Å². The molecule has 1 heterocycles. The average Bonchev–Trinajstić information content (AvgIpc) is 2.79. The Labute approximate surface area is 135 Å². The molecule has 5 heteroatoms. The summed E-state index contributed by atoms with van der Waals surface area (Å²) in [7, 11) is 1.48. The normalized spacial score (nSPS) is 21.1. The van der Waals surface area contributed by atoms with Crippen LogP contribution in [0.3, 0.4) is 0 Å². The lowest BCUT2D eigenvalue weighted by atomic mass is 10.00. The number of para-hydroxylation sites is 1. The standard InChI is InChI=1S/C18H18N2O3/c1-3-23-18(14-10-6-4-7-11-14)16(21)19(2)17(22)20(18)15-12-8-5-9-13-15/h4-13H,3H2,1-2H3. The Morgan fingerprint density at radius 2 is 1.52 bits per heavy atom. The summed E-state index contributed by atoms with van der Waals surface area (Å²) in [5, 5.41) is 0. The highest BCUT2D eigenvalue weighted by atomic mass is 16.5. The van der Waals surface area contributed by atoms with Crippen LogP contribution in [-0.2, 0) is 15.3 Å². The van der Waals surface area contributed by atoms with Crippen LogP contribution in [0.15, 0.2) is 60.7 Å². The van der Waals surface area contributed by atoms with E-state index in [9.17, 15) is 9.59 Å². The Balaban J connectivity index is 2.25. The summed E-state index contributed by atoms with van der Waals surface area (Å²) in [5.74, 6) is -0.389. The molecule has 0 aromatic heterocycles. The van der Waals surface area contributed by atoms with Crippen molar-refractivity contribution in [3.05, 3.63) is 66.2 Å². The summed E-state index contributed by atoms with van der Waals surface area (Å²) in [6.45, 7) is 2.11. The van der Waals surface area contributed by atoms with Gasteiger partial charge >= 0.3 is 6.03 Å². The summed E-state index contributed by atoms with van der Waals surface area (Å²) in [6.07, 6.45) is 0. The fraction of sp³-hybridized carbons (Fsp3) is 0.222. The molecule has 0 spiro atoms. The van der Waals surface area contributed by atoms with Crippen molar-refractivity contribution in [1.82, 2.24) is 4.90 Å². The molecule has 118 valence electrons. The highest BCUT2D eigenvalue weighted by Crippen LogP contribution is 2.41. The van der Waals surface area contributed by atoms with E-state index >= 15 is 0 Å². The van der Waals surface area contributed by atoms with Crippen LogP contribution in [0.4, 0.5) is 10.5 Å². The maximum absolute atomic E-state index is 13.0. The number of carbonyl (C=O) groups excluding carboxylic acids is 2. The number of amides is 3. The Bertz CT molecular complexity index is 718. The third-order valence-corrected chi connectivity index (χ3v) is 3.92. The average molecular weight is 310 g/mol. The minimum atomic E-state index is -1.47. The highest BCUT2D eigenvalue weighted by Gasteiger charge is 2.59. The monoisotopic (exact) mass is 310 g/mol. The van der Waals surface area contributed by atoms with Gasteiger partial charge in [0, 0.05) is 24.9 Å². The van der Waals surface area contributed by atoms with E-state index in [1.54, 1.807) is 24.3 Å². The van der Waals surface area contributed by atoms with Crippen LogP contribution >= 0.6 is 0 Å². The zero-order valence-corrected chi connectivity index (χ0v) is 13.1. The first-order valence-corrected chi connectivity index (χ1v) is 7.49. The zero-order chi connectivity index (χ0) is 16.4. The number of urea groups is 1. The fourth-order valence-corrected chi connectivity index (χ4v) is 2.90. The van der Waals surface area contributed by atoms with Crippen LogP contribution in [0.2, 0.25) is 0 Å². The van der Waals surface area contributed by atoms with Gasteiger partial charge < -0.3 is 4.74 Å². The summed E-state index contributed by atoms with van der Waals surface area (Å²) in [4.78, 5) is 28.2. The van der Waals surface area contributed by atoms with Crippen molar-refractivity contribution in [2.45, 2.75) is 12.6 Å². The van der Waals surface area contributed by atoms with Crippen molar-refractivity contribution >= 4 is 17.6 Å². The molecular formula is C18H18N2O3. The molecule has 2 aromatic carbocycles. The zero-order valence-electron chi connectivity index (χ0n) is 13.1. The molecule has 1 unspecified atom stereocenters. The molecule has 1 fully saturated rings. The van der Waals surface area contributed by atoms with Gasteiger partial charge in [-0.15, -0.1) is 0 Å². The number of likely N-dealkylation sites (N-methyl/N-ethyl adjacent to an activating group) is 1. The quantitative estimate of drug-likeness (QED) is 0.816. The van der Waals surface area contributed by atoms with Gasteiger partial charge in [0.2, 0.25) is 0 Å². The number of hydrogen-bond donors (Lipinski definition) is 0. The molecule has 1 aliphatic heterocycles. The van der Waals surface area contributed by atoms with Gasteiger partial charge in [-0.1, -0.05) is 48.5 Å². The molecular weight excluding hydrogens is 292 g/mol. The van der Waals surface area contributed by atoms with Gasteiger partial charge in [-0.25, -0.2) is 4.79 Å². The number of ether oxygens (including phenoxy) is 1. The predicted molar refractivity (Wildman–Crippen MR) is 86.8 cm³/mol. The van der Waals surface area contributed by atoms with E-state index in [1.807, 2.05) is 43.3 Å². The SMILES string of the molecule is CCOC1(c2ccccc2)C(=O)N(C)C(=O)N1c1ccccc1. The van der Waals surface area contributed by atoms with Gasteiger partial charge in [-0.2, -0.15) is 0 Å². The first-order chi connectivity index (χ1) is 11.1. The Morgan fingerprint density at radius 3 is 2.09 bits per heavy atom. The van der Waals surface area contributed by atoms with Gasteiger partial charge in [0.05, 0.1) is 0 Å². The van der Waals surface area contributed by atoms with Gasteiger partial charge in [0.1, 0.15) is 0 Å². The van der Waals surface area contributed by atoms with E-state index in [2.05, 4.69) is 0 Å². The number of benzene rings is 2. The second kappa shape index (κ2) is 5.85. The van der Waals surface area contributed by atoms with Crippen molar-refractivity contribution in [3.63, 3.8) is 0 Å². The molecule has 0 bridgehead atoms. The minimum absolute atomic E-state index is 0.297. The van der Waals surface area contributed by atoms with Crippen LogP contribution in [0.5, 0.6) is 0 Å². The van der Waals surface area contributed by atoms with Gasteiger partial charge in [0.25, 0.3) is 11.6 Å².